The molecule has 3 heteroatoms. The molecule has 0 radical (unpaired) electrons. The summed E-state index contributed by atoms with van der Waals surface area (Å²) in [6, 6.07) is 0. The van der Waals surface area contributed by atoms with Crippen molar-refractivity contribution in [2.24, 2.45) is 16.7 Å². The fourth-order valence-corrected chi connectivity index (χ4v) is 2.93. The molecule has 1 heterocycles. The lowest BCUT2D eigenvalue weighted by Gasteiger charge is -2.35. The number of imide groups is 1. The molecule has 1 unspecified atom stereocenters. The third kappa shape index (κ3) is 3.83. The Hall–Kier alpha value is -0.860. The van der Waals surface area contributed by atoms with Crippen LogP contribution in [0, 0.1) is 16.7 Å². The van der Waals surface area contributed by atoms with E-state index in [4.69, 9.17) is 0 Å². The highest BCUT2D eigenvalue weighted by Crippen LogP contribution is 2.35. The van der Waals surface area contributed by atoms with Gasteiger partial charge in [-0.25, -0.2) is 0 Å². The predicted octanol–water partition coefficient (Wildman–Crippen LogP) is 2.84. The van der Waals surface area contributed by atoms with Gasteiger partial charge >= 0.3 is 0 Å². The second-order valence-corrected chi connectivity index (χ2v) is 7.32. The zero-order chi connectivity index (χ0) is 13.4. The summed E-state index contributed by atoms with van der Waals surface area (Å²) >= 11 is 0. The van der Waals surface area contributed by atoms with Gasteiger partial charge in [-0.3, -0.25) is 14.5 Å². The number of carbonyl (C=O) groups excluding carboxylic acids is 2. The molecule has 0 bridgehead atoms. The first-order chi connectivity index (χ1) is 7.52. The maximum atomic E-state index is 11.9. The molecule has 1 aliphatic rings. The Morgan fingerprint density at radius 1 is 1.18 bits per heavy atom. The van der Waals surface area contributed by atoms with Crippen molar-refractivity contribution in [3.8, 4) is 0 Å². The molecular weight excluding hydrogens is 214 g/mol. The first-order valence-corrected chi connectivity index (χ1v) is 6.36. The molecule has 98 valence electrons. The first kappa shape index (κ1) is 14.2. The molecule has 17 heavy (non-hydrogen) atoms. The topological polar surface area (TPSA) is 37.4 Å². The van der Waals surface area contributed by atoms with Gasteiger partial charge in [-0.1, -0.05) is 41.5 Å². The van der Waals surface area contributed by atoms with Gasteiger partial charge in [-0.2, -0.15) is 0 Å². The van der Waals surface area contributed by atoms with E-state index in [0.29, 0.717) is 13.0 Å². The summed E-state index contributed by atoms with van der Waals surface area (Å²) in [6.45, 7) is 13.2. The summed E-state index contributed by atoms with van der Waals surface area (Å²) < 4.78 is 0. The van der Waals surface area contributed by atoms with Crippen LogP contribution in [-0.4, -0.2) is 23.3 Å². The lowest BCUT2D eigenvalue weighted by molar-refractivity contribution is -0.141. The van der Waals surface area contributed by atoms with E-state index >= 15 is 0 Å². The SMILES string of the molecule is CC1CC(=O)N(CC(C)(C)CC(C)(C)C)C1=O. The molecular formula is C14H25NO2. The Labute approximate surface area is 105 Å². The standard InChI is InChI=1S/C14H25NO2/c1-10-7-11(16)15(12(10)17)9-14(5,6)8-13(2,3)4/h10H,7-9H2,1-6H3. The Bertz CT molecular complexity index is 326. The molecule has 0 N–H and O–H groups in total. The van der Waals surface area contributed by atoms with Crippen LogP contribution in [0.5, 0.6) is 0 Å². The number of carbonyl (C=O) groups is 2. The quantitative estimate of drug-likeness (QED) is 0.710. The van der Waals surface area contributed by atoms with Gasteiger partial charge in [-0.05, 0) is 17.3 Å². The minimum absolute atomic E-state index is 0.00279. The lowest BCUT2D eigenvalue weighted by atomic mass is 9.76. The molecule has 0 aromatic rings. The van der Waals surface area contributed by atoms with Crippen molar-refractivity contribution in [3.63, 3.8) is 0 Å². The minimum atomic E-state index is -0.132. The van der Waals surface area contributed by atoms with Crippen molar-refractivity contribution in [3.05, 3.63) is 0 Å². The smallest absolute Gasteiger partial charge is 0.232 e. The number of hydrogen-bond acceptors (Lipinski definition) is 2. The van der Waals surface area contributed by atoms with E-state index in [1.165, 1.54) is 4.90 Å². The zero-order valence-electron chi connectivity index (χ0n) is 12.0. The highest BCUT2D eigenvalue weighted by atomic mass is 16.2. The largest absolute Gasteiger partial charge is 0.282 e. The van der Waals surface area contributed by atoms with Crippen LogP contribution in [0.2, 0.25) is 0 Å². The molecule has 1 fully saturated rings. The summed E-state index contributed by atoms with van der Waals surface area (Å²) in [7, 11) is 0. The molecule has 1 atom stereocenters. The average Bonchev–Trinajstić information content (AvgIpc) is 2.27. The second-order valence-electron chi connectivity index (χ2n) is 7.32. The fourth-order valence-electron chi connectivity index (χ4n) is 2.93. The van der Waals surface area contributed by atoms with Crippen molar-refractivity contribution < 1.29 is 9.59 Å². The average molecular weight is 239 g/mol. The number of rotatable bonds is 3. The molecule has 0 spiro atoms. The lowest BCUT2D eigenvalue weighted by Crippen LogP contribution is -2.40. The van der Waals surface area contributed by atoms with E-state index in [2.05, 4.69) is 34.6 Å². The van der Waals surface area contributed by atoms with Gasteiger partial charge in [0.25, 0.3) is 0 Å². The Morgan fingerprint density at radius 3 is 2.06 bits per heavy atom. The summed E-state index contributed by atoms with van der Waals surface area (Å²) in [4.78, 5) is 25.1. The van der Waals surface area contributed by atoms with E-state index in [1.54, 1.807) is 0 Å². The van der Waals surface area contributed by atoms with Gasteiger partial charge in [-0.15, -0.1) is 0 Å². The molecule has 0 aromatic carbocycles. The summed E-state index contributed by atoms with van der Waals surface area (Å²) in [5.41, 5.74) is 0.189. The van der Waals surface area contributed by atoms with Crippen molar-refractivity contribution >= 4 is 11.8 Å². The van der Waals surface area contributed by atoms with Crippen molar-refractivity contribution in [2.75, 3.05) is 6.54 Å². The van der Waals surface area contributed by atoms with Crippen LogP contribution in [0.25, 0.3) is 0 Å². The van der Waals surface area contributed by atoms with Crippen molar-refractivity contribution in [1.82, 2.24) is 4.90 Å². The Morgan fingerprint density at radius 2 is 1.71 bits per heavy atom. The third-order valence-electron chi connectivity index (χ3n) is 3.06. The molecule has 0 saturated carbocycles. The number of hydrogen-bond donors (Lipinski definition) is 0. The van der Waals surface area contributed by atoms with E-state index in [0.717, 1.165) is 6.42 Å². The summed E-state index contributed by atoms with van der Waals surface area (Å²) in [5.74, 6) is -0.144. The van der Waals surface area contributed by atoms with E-state index in [-0.39, 0.29) is 28.6 Å². The van der Waals surface area contributed by atoms with Gasteiger partial charge in [0, 0.05) is 18.9 Å². The zero-order valence-corrected chi connectivity index (χ0v) is 12.0. The van der Waals surface area contributed by atoms with Crippen molar-refractivity contribution in [2.45, 2.75) is 54.4 Å². The van der Waals surface area contributed by atoms with Gasteiger partial charge in [0.15, 0.2) is 0 Å². The molecule has 1 aliphatic heterocycles. The molecule has 3 nitrogen and oxygen atoms in total. The highest BCUT2D eigenvalue weighted by molar-refractivity contribution is 6.03. The highest BCUT2D eigenvalue weighted by Gasteiger charge is 2.39. The van der Waals surface area contributed by atoms with Crippen LogP contribution >= 0.6 is 0 Å². The molecule has 1 saturated heterocycles. The fraction of sp³-hybridized carbons (Fsp3) is 0.857. The Kier molecular flexibility index (Phi) is 3.70. The van der Waals surface area contributed by atoms with Crippen LogP contribution < -0.4 is 0 Å². The van der Waals surface area contributed by atoms with Crippen LogP contribution in [0.4, 0.5) is 0 Å². The molecule has 0 aromatic heterocycles. The van der Waals surface area contributed by atoms with E-state index in [9.17, 15) is 9.59 Å². The molecule has 1 rings (SSSR count). The van der Waals surface area contributed by atoms with Gasteiger partial charge in [0.1, 0.15) is 0 Å². The molecule has 2 amide bonds. The monoisotopic (exact) mass is 239 g/mol. The predicted molar refractivity (Wildman–Crippen MR) is 68.4 cm³/mol. The Balaban J connectivity index is 2.71. The minimum Gasteiger partial charge on any atom is -0.282 e. The van der Waals surface area contributed by atoms with E-state index < -0.39 is 0 Å². The maximum absolute atomic E-state index is 11.9. The number of likely N-dealkylation sites (tertiary alicyclic amines) is 1. The normalized spacial score (nSPS) is 22.5. The van der Waals surface area contributed by atoms with Gasteiger partial charge in [0.05, 0.1) is 0 Å². The van der Waals surface area contributed by atoms with Crippen LogP contribution in [0.3, 0.4) is 0 Å². The van der Waals surface area contributed by atoms with Crippen LogP contribution in [-0.2, 0) is 9.59 Å². The first-order valence-electron chi connectivity index (χ1n) is 6.36. The summed E-state index contributed by atoms with van der Waals surface area (Å²) in [6.07, 6.45) is 1.37. The maximum Gasteiger partial charge on any atom is 0.232 e. The number of nitrogens with zero attached hydrogens (tertiary/aromatic N) is 1. The van der Waals surface area contributed by atoms with Gasteiger partial charge in [0.2, 0.25) is 11.8 Å². The summed E-state index contributed by atoms with van der Waals surface area (Å²) in [5, 5.41) is 0. The second kappa shape index (κ2) is 4.43. The van der Waals surface area contributed by atoms with Crippen molar-refractivity contribution in [1.29, 1.82) is 0 Å². The molecule has 0 aliphatic carbocycles. The third-order valence-corrected chi connectivity index (χ3v) is 3.06. The van der Waals surface area contributed by atoms with Crippen LogP contribution in [0.15, 0.2) is 0 Å². The number of amides is 2. The van der Waals surface area contributed by atoms with E-state index in [1.807, 2.05) is 6.92 Å². The van der Waals surface area contributed by atoms with Crippen LogP contribution in [0.1, 0.15) is 54.4 Å². The van der Waals surface area contributed by atoms with Gasteiger partial charge < -0.3 is 0 Å².